The van der Waals surface area contributed by atoms with Gasteiger partial charge in [0.1, 0.15) is 11.5 Å². The van der Waals surface area contributed by atoms with Crippen LogP contribution in [0, 0.1) is 0 Å². The zero-order valence-electron chi connectivity index (χ0n) is 11.6. The average molecular weight is 321 g/mol. The summed E-state index contributed by atoms with van der Waals surface area (Å²) >= 11 is 5.88. The van der Waals surface area contributed by atoms with Crippen LogP contribution < -0.4 is 20.5 Å². The normalized spacial score (nSPS) is 9.91. The highest BCUT2D eigenvalue weighted by Gasteiger charge is 2.14. The number of anilines is 1. The molecule has 2 amide bonds. The lowest BCUT2D eigenvalue weighted by Gasteiger charge is -2.12. The van der Waals surface area contributed by atoms with E-state index in [1.165, 1.54) is 25.3 Å². The first-order valence-electron chi connectivity index (χ1n) is 6.22. The van der Waals surface area contributed by atoms with Crippen molar-refractivity contribution in [3.63, 3.8) is 0 Å². The molecule has 0 unspecified atom stereocenters. The van der Waals surface area contributed by atoms with Gasteiger partial charge in [-0.15, -0.1) is 0 Å². The monoisotopic (exact) mass is 320 g/mol. The van der Waals surface area contributed by atoms with E-state index < -0.39 is 12.0 Å². The SMILES string of the molecule is COc1ccc(Cl)cc1NC(=O)Oc1ccccc1C(N)=O. The Balaban J connectivity index is 2.18. The smallest absolute Gasteiger partial charge is 0.417 e. The van der Waals surface area contributed by atoms with Crippen LogP contribution in [0.4, 0.5) is 10.5 Å². The van der Waals surface area contributed by atoms with Crippen molar-refractivity contribution in [2.75, 3.05) is 12.4 Å². The molecule has 0 spiro atoms. The molecular weight excluding hydrogens is 308 g/mol. The van der Waals surface area contributed by atoms with Crippen LogP contribution in [-0.4, -0.2) is 19.1 Å². The van der Waals surface area contributed by atoms with Crippen molar-refractivity contribution in [2.24, 2.45) is 5.73 Å². The fourth-order valence-corrected chi connectivity index (χ4v) is 1.94. The minimum absolute atomic E-state index is 0.0634. The molecule has 0 radical (unpaired) electrons. The molecule has 0 aliphatic rings. The number of ether oxygens (including phenoxy) is 2. The summed E-state index contributed by atoms with van der Waals surface area (Å²) in [5.41, 5.74) is 5.67. The van der Waals surface area contributed by atoms with Crippen LogP contribution in [0.5, 0.6) is 11.5 Å². The third-order valence-electron chi connectivity index (χ3n) is 2.75. The van der Waals surface area contributed by atoms with E-state index in [0.717, 1.165) is 0 Å². The topological polar surface area (TPSA) is 90.7 Å². The highest BCUT2D eigenvalue weighted by Crippen LogP contribution is 2.28. The second kappa shape index (κ2) is 6.82. The maximum Gasteiger partial charge on any atom is 0.417 e. The van der Waals surface area contributed by atoms with E-state index in [9.17, 15) is 9.59 Å². The van der Waals surface area contributed by atoms with Crippen molar-refractivity contribution in [3.8, 4) is 11.5 Å². The number of rotatable bonds is 4. The molecule has 0 saturated heterocycles. The Morgan fingerprint density at radius 3 is 2.55 bits per heavy atom. The molecule has 0 heterocycles. The van der Waals surface area contributed by atoms with Gasteiger partial charge in [-0.1, -0.05) is 23.7 Å². The first-order chi connectivity index (χ1) is 10.5. The Morgan fingerprint density at radius 2 is 1.86 bits per heavy atom. The van der Waals surface area contributed by atoms with Crippen LogP contribution in [0.1, 0.15) is 10.4 Å². The minimum Gasteiger partial charge on any atom is -0.495 e. The Morgan fingerprint density at radius 1 is 1.14 bits per heavy atom. The molecule has 2 rings (SSSR count). The van der Waals surface area contributed by atoms with Crippen molar-refractivity contribution in [1.82, 2.24) is 0 Å². The number of amides is 2. The van der Waals surface area contributed by atoms with E-state index in [-0.39, 0.29) is 11.3 Å². The largest absolute Gasteiger partial charge is 0.495 e. The van der Waals surface area contributed by atoms with Gasteiger partial charge in [0, 0.05) is 5.02 Å². The van der Waals surface area contributed by atoms with Crippen molar-refractivity contribution < 1.29 is 19.1 Å². The van der Waals surface area contributed by atoms with Gasteiger partial charge < -0.3 is 15.2 Å². The fourth-order valence-electron chi connectivity index (χ4n) is 1.77. The minimum atomic E-state index is -0.797. The summed E-state index contributed by atoms with van der Waals surface area (Å²) in [6.07, 6.45) is -0.797. The summed E-state index contributed by atoms with van der Waals surface area (Å²) in [4.78, 5) is 23.2. The van der Waals surface area contributed by atoms with Gasteiger partial charge in [0.25, 0.3) is 5.91 Å². The maximum atomic E-state index is 12.0. The van der Waals surface area contributed by atoms with Crippen LogP contribution >= 0.6 is 11.6 Å². The molecule has 0 aromatic heterocycles. The second-order valence-corrected chi connectivity index (χ2v) is 4.66. The number of primary amides is 1. The van der Waals surface area contributed by atoms with Crippen LogP contribution in [-0.2, 0) is 0 Å². The molecule has 0 atom stereocenters. The molecule has 0 saturated carbocycles. The van der Waals surface area contributed by atoms with Gasteiger partial charge in [-0.2, -0.15) is 0 Å². The predicted molar refractivity (Wildman–Crippen MR) is 82.6 cm³/mol. The summed E-state index contributed by atoms with van der Waals surface area (Å²) in [5, 5.41) is 2.92. The third-order valence-corrected chi connectivity index (χ3v) is 2.99. The molecule has 7 heteroatoms. The Hall–Kier alpha value is -2.73. The molecular formula is C15H13ClN2O4. The Kier molecular flexibility index (Phi) is 4.85. The molecule has 6 nitrogen and oxygen atoms in total. The Bertz CT molecular complexity index is 718. The molecule has 2 aromatic rings. The van der Waals surface area contributed by atoms with Gasteiger partial charge in [0.2, 0.25) is 0 Å². The number of nitrogens with one attached hydrogen (secondary N) is 1. The Labute approximate surface area is 131 Å². The van der Waals surface area contributed by atoms with Crippen molar-refractivity contribution in [2.45, 2.75) is 0 Å². The number of methoxy groups -OCH3 is 1. The number of hydrogen-bond donors (Lipinski definition) is 2. The average Bonchev–Trinajstić information content (AvgIpc) is 2.47. The molecule has 0 bridgehead atoms. The predicted octanol–water partition coefficient (Wildman–Crippen LogP) is 3.06. The zero-order valence-corrected chi connectivity index (χ0v) is 12.4. The molecule has 0 fully saturated rings. The van der Waals surface area contributed by atoms with E-state index in [2.05, 4.69) is 5.32 Å². The standard InChI is InChI=1S/C15H13ClN2O4/c1-21-13-7-6-9(16)8-11(13)18-15(20)22-12-5-3-2-4-10(12)14(17)19/h2-8H,1H3,(H2,17,19)(H,18,20). The molecule has 22 heavy (non-hydrogen) atoms. The molecule has 0 aliphatic carbocycles. The summed E-state index contributed by atoms with van der Waals surface area (Å²) in [6.45, 7) is 0. The summed E-state index contributed by atoms with van der Waals surface area (Å²) in [5.74, 6) is -0.207. The first kappa shape index (κ1) is 15.7. The number of carbonyl (C=O) groups is 2. The second-order valence-electron chi connectivity index (χ2n) is 4.22. The number of para-hydroxylation sites is 1. The number of nitrogens with two attached hydrogens (primary N) is 1. The maximum absolute atomic E-state index is 12.0. The van der Waals surface area contributed by atoms with E-state index in [0.29, 0.717) is 16.5 Å². The lowest BCUT2D eigenvalue weighted by Crippen LogP contribution is -2.20. The number of benzene rings is 2. The van der Waals surface area contributed by atoms with E-state index in [1.807, 2.05) is 0 Å². The van der Waals surface area contributed by atoms with E-state index in [1.54, 1.807) is 24.3 Å². The van der Waals surface area contributed by atoms with E-state index >= 15 is 0 Å². The van der Waals surface area contributed by atoms with Gasteiger partial charge in [-0.25, -0.2) is 4.79 Å². The van der Waals surface area contributed by atoms with Gasteiger partial charge in [-0.05, 0) is 30.3 Å². The van der Waals surface area contributed by atoms with Crippen LogP contribution in [0.15, 0.2) is 42.5 Å². The van der Waals surface area contributed by atoms with Crippen LogP contribution in [0.2, 0.25) is 5.02 Å². The van der Waals surface area contributed by atoms with E-state index in [4.69, 9.17) is 26.8 Å². The molecule has 3 N–H and O–H groups in total. The number of halogens is 1. The first-order valence-corrected chi connectivity index (χ1v) is 6.60. The van der Waals surface area contributed by atoms with Crippen LogP contribution in [0.3, 0.4) is 0 Å². The van der Waals surface area contributed by atoms with Crippen molar-refractivity contribution in [1.29, 1.82) is 0 Å². The summed E-state index contributed by atoms with van der Waals surface area (Å²) in [7, 11) is 1.46. The highest BCUT2D eigenvalue weighted by atomic mass is 35.5. The van der Waals surface area contributed by atoms with Crippen molar-refractivity contribution >= 4 is 29.3 Å². The quantitative estimate of drug-likeness (QED) is 0.905. The zero-order chi connectivity index (χ0) is 16.1. The third kappa shape index (κ3) is 3.67. The highest BCUT2D eigenvalue weighted by molar-refractivity contribution is 6.31. The van der Waals surface area contributed by atoms with Crippen molar-refractivity contribution in [3.05, 3.63) is 53.1 Å². The fraction of sp³-hybridized carbons (Fsp3) is 0.0667. The lowest BCUT2D eigenvalue weighted by molar-refractivity contribution is 0.0998. The van der Waals surface area contributed by atoms with Gasteiger partial charge in [0.05, 0.1) is 18.4 Å². The van der Waals surface area contributed by atoms with Gasteiger partial charge in [0.15, 0.2) is 0 Å². The van der Waals surface area contributed by atoms with Gasteiger partial charge in [-0.3, -0.25) is 10.1 Å². The van der Waals surface area contributed by atoms with Gasteiger partial charge >= 0.3 is 6.09 Å². The summed E-state index contributed by atoms with van der Waals surface area (Å²) < 4.78 is 10.2. The molecule has 114 valence electrons. The van der Waals surface area contributed by atoms with Crippen LogP contribution in [0.25, 0.3) is 0 Å². The molecule has 2 aromatic carbocycles. The summed E-state index contributed by atoms with van der Waals surface area (Å²) in [6, 6.07) is 10.9. The number of hydrogen-bond acceptors (Lipinski definition) is 4. The number of carbonyl (C=O) groups excluding carboxylic acids is 2. The lowest BCUT2D eigenvalue weighted by atomic mass is 10.2. The molecule has 0 aliphatic heterocycles.